The largest absolute Gasteiger partial charge is 0.461 e. The van der Waals surface area contributed by atoms with E-state index < -0.39 is 5.97 Å². The Kier molecular flexibility index (Phi) is 4.04. The molecule has 2 aromatic rings. The van der Waals surface area contributed by atoms with Crippen LogP contribution in [0.1, 0.15) is 28.7 Å². The number of rotatable bonds is 4. The van der Waals surface area contributed by atoms with E-state index in [2.05, 4.69) is 26.1 Å². The van der Waals surface area contributed by atoms with Crippen LogP contribution in [0.2, 0.25) is 0 Å². The van der Waals surface area contributed by atoms with Crippen LogP contribution in [0.3, 0.4) is 0 Å². The molecule has 102 valence electrons. The van der Waals surface area contributed by atoms with Gasteiger partial charge in [0.05, 0.1) is 29.5 Å². The van der Waals surface area contributed by atoms with Crippen molar-refractivity contribution >= 4 is 21.9 Å². The molecule has 0 aromatic carbocycles. The van der Waals surface area contributed by atoms with Gasteiger partial charge in [-0.25, -0.2) is 4.79 Å². The van der Waals surface area contributed by atoms with Crippen LogP contribution in [0, 0.1) is 6.92 Å². The predicted octanol–water partition coefficient (Wildman–Crippen LogP) is 1.91. The molecule has 0 aliphatic heterocycles. The number of halogens is 1. The van der Waals surface area contributed by atoms with E-state index in [9.17, 15) is 4.79 Å². The van der Waals surface area contributed by atoms with E-state index in [1.165, 1.54) is 0 Å². The van der Waals surface area contributed by atoms with Gasteiger partial charge in [0, 0.05) is 18.8 Å². The summed E-state index contributed by atoms with van der Waals surface area (Å²) >= 11 is 3.39. The Morgan fingerprint density at radius 2 is 2.26 bits per heavy atom. The van der Waals surface area contributed by atoms with Crippen molar-refractivity contribution in [3.05, 3.63) is 33.8 Å². The molecule has 0 radical (unpaired) electrons. The standard InChI is InChI=1S/C12H15BrN4O2/c1-4-19-12(18)11-10(13)8(2)17(15-11)7-9-5-14-16(3)6-9/h5-6H,4,7H2,1-3H3. The van der Waals surface area contributed by atoms with Crippen molar-refractivity contribution in [3.8, 4) is 0 Å². The Hall–Kier alpha value is -1.63. The van der Waals surface area contributed by atoms with E-state index in [-0.39, 0.29) is 0 Å². The van der Waals surface area contributed by atoms with Crippen molar-refractivity contribution in [2.24, 2.45) is 7.05 Å². The molecule has 7 heteroatoms. The van der Waals surface area contributed by atoms with E-state index in [4.69, 9.17) is 4.74 Å². The Morgan fingerprint density at radius 3 is 2.84 bits per heavy atom. The van der Waals surface area contributed by atoms with Crippen LogP contribution < -0.4 is 0 Å². The predicted molar refractivity (Wildman–Crippen MR) is 72.9 cm³/mol. The number of hydrogen-bond donors (Lipinski definition) is 0. The summed E-state index contributed by atoms with van der Waals surface area (Å²) in [6.45, 7) is 4.57. The first kappa shape index (κ1) is 13.8. The van der Waals surface area contributed by atoms with Gasteiger partial charge in [-0.05, 0) is 29.8 Å². The molecule has 0 amide bonds. The number of aromatic nitrogens is 4. The third-order valence-corrected chi connectivity index (χ3v) is 3.64. The Bertz CT molecular complexity index is 603. The summed E-state index contributed by atoms with van der Waals surface area (Å²) in [4.78, 5) is 11.7. The first-order valence-electron chi connectivity index (χ1n) is 5.90. The van der Waals surface area contributed by atoms with Crippen LogP contribution in [0.5, 0.6) is 0 Å². The number of ether oxygens (including phenoxy) is 1. The Balaban J connectivity index is 2.27. The number of carbonyl (C=O) groups is 1. The first-order valence-corrected chi connectivity index (χ1v) is 6.69. The van der Waals surface area contributed by atoms with Crippen molar-refractivity contribution in [2.45, 2.75) is 20.4 Å². The second-order valence-electron chi connectivity index (χ2n) is 4.15. The van der Waals surface area contributed by atoms with Gasteiger partial charge in [-0.1, -0.05) is 0 Å². The van der Waals surface area contributed by atoms with Crippen LogP contribution in [-0.2, 0) is 18.3 Å². The summed E-state index contributed by atoms with van der Waals surface area (Å²) in [6, 6.07) is 0. The molecule has 0 saturated heterocycles. The minimum atomic E-state index is -0.414. The van der Waals surface area contributed by atoms with Crippen molar-refractivity contribution in [3.63, 3.8) is 0 Å². The molecule has 2 aromatic heterocycles. The lowest BCUT2D eigenvalue weighted by molar-refractivity contribution is 0.0517. The lowest BCUT2D eigenvalue weighted by atomic mass is 10.3. The number of hydrogen-bond acceptors (Lipinski definition) is 4. The molecule has 0 unspecified atom stereocenters. The lowest BCUT2D eigenvalue weighted by Crippen LogP contribution is -2.08. The van der Waals surface area contributed by atoms with Crippen molar-refractivity contribution in [2.75, 3.05) is 6.61 Å². The molecule has 0 saturated carbocycles. The smallest absolute Gasteiger partial charge is 0.360 e. The van der Waals surface area contributed by atoms with Gasteiger partial charge in [-0.15, -0.1) is 0 Å². The summed E-state index contributed by atoms with van der Waals surface area (Å²) in [5.41, 5.74) is 2.21. The van der Waals surface area contributed by atoms with Crippen LogP contribution in [0.25, 0.3) is 0 Å². The second-order valence-corrected chi connectivity index (χ2v) is 4.94. The molecule has 0 spiro atoms. The molecule has 0 aliphatic carbocycles. The van der Waals surface area contributed by atoms with Gasteiger partial charge in [0.25, 0.3) is 0 Å². The van der Waals surface area contributed by atoms with Crippen LogP contribution >= 0.6 is 15.9 Å². The molecule has 0 fully saturated rings. The van der Waals surface area contributed by atoms with Crippen molar-refractivity contribution < 1.29 is 9.53 Å². The van der Waals surface area contributed by atoms with Gasteiger partial charge in [-0.2, -0.15) is 10.2 Å². The molecular formula is C12H15BrN4O2. The topological polar surface area (TPSA) is 61.9 Å². The maximum absolute atomic E-state index is 11.7. The average Bonchev–Trinajstić information content (AvgIpc) is 2.89. The maximum atomic E-state index is 11.7. The molecular weight excluding hydrogens is 312 g/mol. The summed E-state index contributed by atoms with van der Waals surface area (Å²) in [5, 5.41) is 8.40. The minimum absolute atomic E-state index is 0.309. The van der Waals surface area contributed by atoms with Crippen LogP contribution in [-0.4, -0.2) is 32.1 Å². The average molecular weight is 327 g/mol. The Labute approximate surface area is 119 Å². The zero-order valence-electron chi connectivity index (χ0n) is 11.1. The summed E-state index contributed by atoms with van der Waals surface area (Å²) < 4.78 is 9.13. The highest BCUT2D eigenvalue weighted by Gasteiger charge is 2.20. The van der Waals surface area contributed by atoms with Crippen LogP contribution in [0.15, 0.2) is 16.9 Å². The van der Waals surface area contributed by atoms with Gasteiger partial charge in [0.15, 0.2) is 5.69 Å². The molecule has 0 aliphatic rings. The van der Waals surface area contributed by atoms with Crippen LogP contribution in [0.4, 0.5) is 0 Å². The maximum Gasteiger partial charge on any atom is 0.360 e. The van der Waals surface area contributed by atoms with E-state index >= 15 is 0 Å². The highest BCUT2D eigenvalue weighted by atomic mass is 79.9. The summed E-state index contributed by atoms with van der Waals surface area (Å²) in [5.74, 6) is -0.414. The SMILES string of the molecule is CCOC(=O)c1nn(Cc2cnn(C)c2)c(C)c1Br. The van der Waals surface area contributed by atoms with Gasteiger partial charge < -0.3 is 4.74 Å². The van der Waals surface area contributed by atoms with Gasteiger partial charge >= 0.3 is 5.97 Å². The van der Waals surface area contributed by atoms with E-state index in [0.29, 0.717) is 23.3 Å². The molecule has 2 rings (SSSR count). The first-order chi connectivity index (χ1) is 9.02. The molecule has 2 heterocycles. The number of esters is 1. The molecule has 0 bridgehead atoms. The molecule has 6 nitrogen and oxygen atoms in total. The highest BCUT2D eigenvalue weighted by Crippen LogP contribution is 2.22. The fourth-order valence-corrected chi connectivity index (χ4v) is 2.18. The zero-order chi connectivity index (χ0) is 14.0. The normalized spacial score (nSPS) is 10.7. The lowest BCUT2D eigenvalue weighted by Gasteiger charge is -2.01. The quantitative estimate of drug-likeness (QED) is 0.805. The summed E-state index contributed by atoms with van der Waals surface area (Å²) in [7, 11) is 1.86. The van der Waals surface area contributed by atoms with Gasteiger partial charge in [0.1, 0.15) is 0 Å². The van der Waals surface area contributed by atoms with E-state index in [0.717, 1.165) is 11.3 Å². The highest BCUT2D eigenvalue weighted by molar-refractivity contribution is 9.10. The number of carbonyl (C=O) groups excluding carboxylic acids is 1. The minimum Gasteiger partial charge on any atom is -0.461 e. The summed E-state index contributed by atoms with van der Waals surface area (Å²) in [6.07, 6.45) is 3.69. The number of nitrogens with zero attached hydrogens (tertiary/aromatic N) is 4. The fraction of sp³-hybridized carbons (Fsp3) is 0.417. The fourth-order valence-electron chi connectivity index (χ4n) is 1.73. The molecule has 0 N–H and O–H groups in total. The second kappa shape index (κ2) is 5.56. The van der Waals surface area contributed by atoms with Crippen molar-refractivity contribution in [1.29, 1.82) is 0 Å². The Morgan fingerprint density at radius 1 is 1.53 bits per heavy atom. The number of aryl methyl sites for hydroxylation is 1. The monoisotopic (exact) mass is 326 g/mol. The molecule has 0 atom stereocenters. The van der Waals surface area contributed by atoms with Gasteiger partial charge in [-0.3, -0.25) is 9.36 Å². The molecule has 19 heavy (non-hydrogen) atoms. The van der Waals surface area contributed by atoms with E-state index in [1.807, 2.05) is 20.2 Å². The van der Waals surface area contributed by atoms with Crippen molar-refractivity contribution in [1.82, 2.24) is 19.6 Å². The van der Waals surface area contributed by atoms with Gasteiger partial charge in [0.2, 0.25) is 0 Å². The zero-order valence-corrected chi connectivity index (χ0v) is 12.6. The third-order valence-electron chi connectivity index (χ3n) is 2.69. The van der Waals surface area contributed by atoms with E-state index in [1.54, 1.807) is 22.5 Å². The third kappa shape index (κ3) is 2.86.